The highest BCUT2D eigenvalue weighted by Gasteiger charge is 2.24. The van der Waals surface area contributed by atoms with E-state index in [4.69, 9.17) is 9.72 Å². The van der Waals surface area contributed by atoms with Crippen molar-refractivity contribution in [1.82, 2.24) is 14.5 Å². The van der Waals surface area contributed by atoms with Gasteiger partial charge in [0.25, 0.3) is 5.56 Å². The number of nitrogens with one attached hydrogen (secondary N) is 1. The number of fused-ring (bicyclic) bond motifs is 1. The second kappa shape index (κ2) is 8.97. The van der Waals surface area contributed by atoms with Gasteiger partial charge in [0.2, 0.25) is 5.91 Å². The van der Waals surface area contributed by atoms with E-state index in [1.165, 1.54) is 15.9 Å². The Morgan fingerprint density at radius 1 is 1.30 bits per heavy atom. The molecule has 0 radical (unpaired) electrons. The lowest BCUT2D eigenvalue weighted by Gasteiger charge is -2.21. The van der Waals surface area contributed by atoms with E-state index in [2.05, 4.69) is 5.32 Å². The minimum Gasteiger partial charge on any atom is -0.492 e. The molecule has 0 aliphatic rings. The van der Waals surface area contributed by atoms with Crippen LogP contribution < -0.4 is 15.6 Å². The molecule has 0 saturated carbocycles. The topological polar surface area (TPSA) is 76.5 Å². The van der Waals surface area contributed by atoms with Crippen LogP contribution in [0.4, 0.5) is 5.69 Å². The smallest absolute Gasteiger partial charge is 0.263 e. The number of amides is 1. The highest BCUT2D eigenvalue weighted by molar-refractivity contribution is 7.18. The maximum Gasteiger partial charge on any atom is 0.263 e. The number of carbonyl (C=O) groups is 1. The van der Waals surface area contributed by atoms with E-state index < -0.39 is 6.04 Å². The van der Waals surface area contributed by atoms with Crippen LogP contribution in [-0.4, -0.2) is 41.1 Å². The Hall–Kier alpha value is -2.71. The number of ether oxygens (including phenoxy) is 1. The van der Waals surface area contributed by atoms with E-state index in [0.29, 0.717) is 35.8 Å². The van der Waals surface area contributed by atoms with Crippen LogP contribution in [0.15, 0.2) is 29.1 Å². The molecule has 7 nitrogen and oxygen atoms in total. The highest BCUT2D eigenvalue weighted by atomic mass is 32.1. The molecule has 0 saturated heterocycles. The molecule has 3 rings (SSSR count). The van der Waals surface area contributed by atoms with Crippen molar-refractivity contribution in [3.05, 3.63) is 50.9 Å². The van der Waals surface area contributed by atoms with Gasteiger partial charge >= 0.3 is 0 Å². The number of aryl methyl sites for hydroxylation is 2. The highest BCUT2D eigenvalue weighted by Crippen LogP contribution is 2.28. The number of thiophene rings is 1. The lowest BCUT2D eigenvalue weighted by atomic mass is 10.2. The SMILES string of the molecule is CCOc1ccccc1NC(=O)C(C)n1c(CN(C)C)nc2sc(C)c(C)c2c1=O. The quantitative estimate of drug-likeness (QED) is 0.620. The molecule has 1 aromatic carbocycles. The van der Waals surface area contributed by atoms with Gasteiger partial charge in [0, 0.05) is 4.88 Å². The zero-order valence-electron chi connectivity index (χ0n) is 18.3. The minimum absolute atomic E-state index is 0.181. The van der Waals surface area contributed by atoms with Crippen molar-refractivity contribution in [2.45, 2.75) is 40.3 Å². The monoisotopic (exact) mass is 428 g/mol. The predicted octanol–water partition coefficient (Wildman–Crippen LogP) is 3.73. The zero-order valence-corrected chi connectivity index (χ0v) is 19.1. The van der Waals surface area contributed by atoms with Crippen molar-refractivity contribution in [2.75, 3.05) is 26.0 Å². The molecule has 1 N–H and O–H groups in total. The Kier molecular flexibility index (Phi) is 6.58. The number of hydrogen-bond donors (Lipinski definition) is 1. The van der Waals surface area contributed by atoms with Gasteiger partial charge in [-0.25, -0.2) is 4.98 Å². The predicted molar refractivity (Wildman–Crippen MR) is 122 cm³/mol. The summed E-state index contributed by atoms with van der Waals surface area (Å²) in [5, 5.41) is 3.50. The van der Waals surface area contributed by atoms with E-state index in [-0.39, 0.29) is 11.5 Å². The van der Waals surface area contributed by atoms with Gasteiger partial charge in [0.05, 0.1) is 24.2 Å². The molecule has 2 aromatic heterocycles. The van der Waals surface area contributed by atoms with Gasteiger partial charge in [-0.3, -0.25) is 14.2 Å². The van der Waals surface area contributed by atoms with Crippen LogP contribution in [0.5, 0.6) is 5.75 Å². The second-order valence-corrected chi connectivity index (χ2v) is 8.70. The van der Waals surface area contributed by atoms with Crippen LogP contribution in [-0.2, 0) is 11.3 Å². The molecule has 0 fully saturated rings. The van der Waals surface area contributed by atoms with Gasteiger partial charge in [-0.15, -0.1) is 11.3 Å². The summed E-state index contributed by atoms with van der Waals surface area (Å²) in [6.07, 6.45) is 0. The summed E-state index contributed by atoms with van der Waals surface area (Å²) in [5.74, 6) is 0.869. The van der Waals surface area contributed by atoms with E-state index in [1.54, 1.807) is 19.1 Å². The summed E-state index contributed by atoms with van der Waals surface area (Å²) >= 11 is 1.51. The number of nitrogens with zero attached hydrogens (tertiary/aromatic N) is 3. The summed E-state index contributed by atoms with van der Waals surface area (Å²) in [6.45, 7) is 8.47. The van der Waals surface area contributed by atoms with Crippen molar-refractivity contribution < 1.29 is 9.53 Å². The van der Waals surface area contributed by atoms with Crippen molar-refractivity contribution in [2.24, 2.45) is 0 Å². The number of aromatic nitrogens is 2. The largest absolute Gasteiger partial charge is 0.492 e. The number of carbonyl (C=O) groups excluding carboxylic acids is 1. The van der Waals surface area contributed by atoms with Gasteiger partial charge in [-0.2, -0.15) is 0 Å². The standard InChI is InChI=1S/C22H28N4O3S/c1-7-29-17-11-9-8-10-16(17)23-20(27)14(3)26-18(12-25(5)6)24-21-19(22(26)28)13(2)15(4)30-21/h8-11,14H,7,12H2,1-6H3,(H,23,27). The summed E-state index contributed by atoms with van der Waals surface area (Å²) in [4.78, 5) is 35.0. The van der Waals surface area contributed by atoms with Crippen LogP contribution >= 0.6 is 11.3 Å². The molecule has 8 heteroatoms. The van der Waals surface area contributed by atoms with Crippen LogP contribution in [0, 0.1) is 13.8 Å². The molecule has 160 valence electrons. The second-order valence-electron chi connectivity index (χ2n) is 7.50. The molecule has 1 amide bonds. The summed E-state index contributed by atoms with van der Waals surface area (Å²) in [5.41, 5.74) is 1.32. The van der Waals surface area contributed by atoms with Gasteiger partial charge in [-0.05, 0) is 59.5 Å². The Labute approximate surface area is 180 Å². The fourth-order valence-electron chi connectivity index (χ4n) is 3.35. The molecule has 0 aliphatic heterocycles. The number of anilines is 1. The van der Waals surface area contributed by atoms with E-state index in [1.807, 2.05) is 51.9 Å². The molecular weight excluding hydrogens is 400 g/mol. The number of para-hydroxylation sites is 2. The summed E-state index contributed by atoms with van der Waals surface area (Å²) in [7, 11) is 3.82. The molecule has 30 heavy (non-hydrogen) atoms. The average molecular weight is 429 g/mol. The fraction of sp³-hybridized carbons (Fsp3) is 0.409. The molecule has 1 atom stereocenters. The molecule has 0 aliphatic carbocycles. The third-order valence-electron chi connectivity index (χ3n) is 4.98. The number of hydrogen-bond acceptors (Lipinski definition) is 6. The van der Waals surface area contributed by atoms with E-state index in [9.17, 15) is 9.59 Å². The van der Waals surface area contributed by atoms with Crippen molar-refractivity contribution in [1.29, 1.82) is 0 Å². The first-order valence-electron chi connectivity index (χ1n) is 9.93. The van der Waals surface area contributed by atoms with Crippen molar-refractivity contribution in [3.8, 4) is 5.75 Å². The normalized spacial score (nSPS) is 12.4. The Morgan fingerprint density at radius 2 is 2.00 bits per heavy atom. The van der Waals surface area contributed by atoms with Crippen molar-refractivity contribution in [3.63, 3.8) is 0 Å². The molecule has 3 aromatic rings. The Bertz CT molecular complexity index is 1130. The molecule has 2 heterocycles. The first-order valence-corrected chi connectivity index (χ1v) is 10.7. The van der Waals surface area contributed by atoms with E-state index >= 15 is 0 Å². The van der Waals surface area contributed by atoms with Crippen LogP contribution in [0.25, 0.3) is 10.2 Å². The first-order chi connectivity index (χ1) is 14.2. The van der Waals surface area contributed by atoms with E-state index in [0.717, 1.165) is 15.3 Å². The zero-order chi connectivity index (χ0) is 22.0. The first kappa shape index (κ1) is 22.0. The molecule has 0 bridgehead atoms. The molecule has 1 unspecified atom stereocenters. The number of rotatable bonds is 7. The minimum atomic E-state index is -0.737. The van der Waals surface area contributed by atoms with Crippen LogP contribution in [0.1, 0.15) is 36.2 Å². The van der Waals surface area contributed by atoms with Crippen LogP contribution in [0.3, 0.4) is 0 Å². The van der Waals surface area contributed by atoms with Gasteiger partial charge in [0.1, 0.15) is 22.4 Å². The van der Waals surface area contributed by atoms with Gasteiger partial charge < -0.3 is 15.0 Å². The van der Waals surface area contributed by atoms with Gasteiger partial charge in [0.15, 0.2) is 0 Å². The Balaban J connectivity index is 2.06. The van der Waals surface area contributed by atoms with Crippen molar-refractivity contribution >= 4 is 33.1 Å². The summed E-state index contributed by atoms with van der Waals surface area (Å²) < 4.78 is 7.11. The maximum atomic E-state index is 13.4. The third-order valence-corrected chi connectivity index (χ3v) is 6.08. The fourth-order valence-corrected chi connectivity index (χ4v) is 4.39. The third kappa shape index (κ3) is 4.24. The van der Waals surface area contributed by atoms with Crippen LogP contribution in [0.2, 0.25) is 0 Å². The maximum absolute atomic E-state index is 13.4. The number of benzene rings is 1. The molecular formula is C22H28N4O3S. The average Bonchev–Trinajstić information content (AvgIpc) is 2.96. The van der Waals surface area contributed by atoms with Gasteiger partial charge in [-0.1, -0.05) is 12.1 Å². The lowest BCUT2D eigenvalue weighted by molar-refractivity contribution is -0.119. The molecule has 0 spiro atoms. The Morgan fingerprint density at radius 3 is 2.67 bits per heavy atom. The lowest BCUT2D eigenvalue weighted by Crippen LogP contribution is -2.36. The summed E-state index contributed by atoms with van der Waals surface area (Å²) in [6, 6.07) is 6.53.